The number of carbonyl (C=O) groups is 1. The summed E-state index contributed by atoms with van der Waals surface area (Å²) in [6.45, 7) is 2.43. The van der Waals surface area contributed by atoms with E-state index >= 15 is 0 Å². The normalized spacial score (nSPS) is 20.9. The molecule has 2 N–H and O–H groups in total. The van der Waals surface area contributed by atoms with E-state index in [1.54, 1.807) is 31.5 Å². The van der Waals surface area contributed by atoms with Gasteiger partial charge in [-0.05, 0) is 49.6 Å². The van der Waals surface area contributed by atoms with Gasteiger partial charge in [0.15, 0.2) is 0 Å². The molecular weight excluding hydrogens is 294 g/mol. The Morgan fingerprint density at radius 2 is 2.09 bits per heavy atom. The molecule has 1 amide bonds. The van der Waals surface area contributed by atoms with Crippen molar-refractivity contribution in [3.05, 3.63) is 63.8 Å². The third kappa shape index (κ3) is 3.48. The molecule has 0 saturated carbocycles. The van der Waals surface area contributed by atoms with Gasteiger partial charge in [0.05, 0.1) is 6.04 Å². The van der Waals surface area contributed by atoms with Crippen LogP contribution >= 0.6 is 0 Å². The second-order valence-electron chi connectivity index (χ2n) is 5.68. The van der Waals surface area contributed by atoms with Crippen LogP contribution in [0, 0.1) is 6.92 Å². The molecule has 23 heavy (non-hydrogen) atoms. The van der Waals surface area contributed by atoms with Gasteiger partial charge in [-0.1, -0.05) is 0 Å². The van der Waals surface area contributed by atoms with E-state index < -0.39 is 0 Å². The van der Waals surface area contributed by atoms with Gasteiger partial charge >= 0.3 is 0 Å². The van der Waals surface area contributed by atoms with Crippen molar-refractivity contribution in [1.82, 2.24) is 15.3 Å². The highest BCUT2D eigenvalue weighted by Gasteiger charge is 2.29. The van der Waals surface area contributed by atoms with Gasteiger partial charge in [0.1, 0.15) is 11.7 Å². The molecule has 2 aromatic rings. The van der Waals surface area contributed by atoms with Gasteiger partial charge in [0.2, 0.25) is 0 Å². The SMILES string of the molecule is Cc1ccc(C(=O)N[C@H]2CCCO[C@@H]2c2ccncc2)c(=O)[nH]1. The van der Waals surface area contributed by atoms with Crippen molar-refractivity contribution in [2.75, 3.05) is 6.61 Å². The maximum atomic E-state index is 12.4. The summed E-state index contributed by atoms with van der Waals surface area (Å²) in [5, 5.41) is 2.94. The number of hydrogen-bond donors (Lipinski definition) is 2. The van der Waals surface area contributed by atoms with Gasteiger partial charge in [0.25, 0.3) is 11.5 Å². The van der Waals surface area contributed by atoms with Crippen LogP contribution in [0.4, 0.5) is 0 Å². The molecule has 0 bridgehead atoms. The molecule has 1 aliphatic rings. The summed E-state index contributed by atoms with van der Waals surface area (Å²) in [6.07, 6.45) is 4.87. The standard InChI is InChI=1S/C17H19N3O3/c1-11-4-5-13(16(21)19-11)17(22)20-14-3-2-10-23-15(14)12-6-8-18-9-7-12/h4-9,14-15H,2-3,10H2,1H3,(H,19,21)(H,20,22)/t14-,15+/m0/s1. The van der Waals surface area contributed by atoms with Gasteiger partial charge in [0, 0.05) is 24.7 Å². The summed E-state index contributed by atoms with van der Waals surface area (Å²) in [6, 6.07) is 6.86. The van der Waals surface area contributed by atoms with E-state index in [0.717, 1.165) is 24.1 Å². The lowest BCUT2D eigenvalue weighted by atomic mass is 9.96. The minimum absolute atomic E-state index is 0.120. The minimum Gasteiger partial charge on any atom is -0.371 e. The zero-order valence-corrected chi connectivity index (χ0v) is 12.9. The predicted octanol–water partition coefficient (Wildman–Crippen LogP) is 1.73. The average molecular weight is 313 g/mol. The van der Waals surface area contributed by atoms with E-state index in [0.29, 0.717) is 6.61 Å². The highest BCUT2D eigenvalue weighted by Crippen LogP contribution is 2.28. The number of carbonyl (C=O) groups excluding carboxylic acids is 1. The van der Waals surface area contributed by atoms with Crippen molar-refractivity contribution in [2.45, 2.75) is 31.9 Å². The van der Waals surface area contributed by atoms with E-state index in [9.17, 15) is 9.59 Å². The number of H-pyrrole nitrogens is 1. The number of aryl methyl sites for hydroxylation is 1. The van der Waals surface area contributed by atoms with E-state index in [1.165, 1.54) is 0 Å². The lowest BCUT2D eigenvalue weighted by molar-refractivity contribution is -0.00951. The number of aromatic nitrogens is 2. The molecule has 1 saturated heterocycles. The maximum Gasteiger partial charge on any atom is 0.260 e. The first-order valence-corrected chi connectivity index (χ1v) is 7.67. The van der Waals surface area contributed by atoms with Crippen molar-refractivity contribution in [1.29, 1.82) is 0 Å². The van der Waals surface area contributed by atoms with Crippen molar-refractivity contribution >= 4 is 5.91 Å². The number of hydrogen-bond acceptors (Lipinski definition) is 4. The molecular formula is C17H19N3O3. The maximum absolute atomic E-state index is 12.4. The van der Waals surface area contributed by atoms with E-state index in [2.05, 4.69) is 15.3 Å². The Bertz CT molecular complexity index is 742. The molecule has 2 aromatic heterocycles. The molecule has 6 heteroatoms. The number of amides is 1. The lowest BCUT2D eigenvalue weighted by Gasteiger charge is -2.32. The second kappa shape index (κ2) is 6.75. The first-order valence-electron chi connectivity index (χ1n) is 7.67. The number of ether oxygens (including phenoxy) is 1. The topological polar surface area (TPSA) is 84.1 Å². The third-order valence-electron chi connectivity index (χ3n) is 3.97. The summed E-state index contributed by atoms with van der Waals surface area (Å²) < 4.78 is 5.83. The molecule has 120 valence electrons. The van der Waals surface area contributed by atoms with E-state index in [4.69, 9.17) is 4.74 Å². The molecule has 3 rings (SSSR count). The Labute approximate surface area is 133 Å². The van der Waals surface area contributed by atoms with Crippen molar-refractivity contribution in [3.63, 3.8) is 0 Å². The smallest absolute Gasteiger partial charge is 0.260 e. The molecule has 0 unspecified atom stereocenters. The van der Waals surface area contributed by atoms with Crippen molar-refractivity contribution in [3.8, 4) is 0 Å². The van der Waals surface area contributed by atoms with Crippen LogP contribution in [0.15, 0.2) is 41.5 Å². The second-order valence-corrected chi connectivity index (χ2v) is 5.68. The Kier molecular flexibility index (Phi) is 4.52. The Hall–Kier alpha value is -2.47. The van der Waals surface area contributed by atoms with Crippen LogP contribution < -0.4 is 10.9 Å². The molecule has 2 atom stereocenters. The van der Waals surface area contributed by atoms with Crippen LogP contribution in [0.5, 0.6) is 0 Å². The fourth-order valence-corrected chi connectivity index (χ4v) is 2.81. The van der Waals surface area contributed by atoms with Crippen LogP contribution in [0.2, 0.25) is 0 Å². The first kappa shape index (κ1) is 15.4. The fraction of sp³-hybridized carbons (Fsp3) is 0.353. The number of rotatable bonds is 3. The van der Waals surface area contributed by atoms with Crippen molar-refractivity contribution < 1.29 is 9.53 Å². The number of aromatic amines is 1. The fourth-order valence-electron chi connectivity index (χ4n) is 2.81. The summed E-state index contributed by atoms with van der Waals surface area (Å²) in [5.74, 6) is -0.374. The third-order valence-corrected chi connectivity index (χ3v) is 3.97. The zero-order chi connectivity index (χ0) is 16.2. The van der Waals surface area contributed by atoms with Gasteiger partial charge in [-0.25, -0.2) is 0 Å². The predicted molar refractivity (Wildman–Crippen MR) is 85.2 cm³/mol. The van der Waals surface area contributed by atoms with Gasteiger partial charge in [-0.15, -0.1) is 0 Å². The molecule has 0 radical (unpaired) electrons. The molecule has 6 nitrogen and oxygen atoms in total. The minimum atomic E-state index is -0.375. The largest absolute Gasteiger partial charge is 0.371 e. The van der Waals surface area contributed by atoms with Crippen LogP contribution in [-0.2, 0) is 4.74 Å². The lowest BCUT2D eigenvalue weighted by Crippen LogP contribution is -2.44. The molecule has 3 heterocycles. The number of nitrogens with one attached hydrogen (secondary N) is 2. The Morgan fingerprint density at radius 3 is 2.83 bits per heavy atom. The van der Waals surface area contributed by atoms with Gasteiger partial charge in [-0.2, -0.15) is 0 Å². The van der Waals surface area contributed by atoms with Crippen LogP contribution in [0.1, 0.15) is 40.6 Å². The van der Waals surface area contributed by atoms with Crippen LogP contribution in [-0.4, -0.2) is 28.5 Å². The summed E-state index contributed by atoms with van der Waals surface area (Å²) >= 11 is 0. The van der Waals surface area contributed by atoms with E-state index in [1.807, 2.05) is 12.1 Å². The average Bonchev–Trinajstić information content (AvgIpc) is 2.56. The zero-order valence-electron chi connectivity index (χ0n) is 12.9. The quantitative estimate of drug-likeness (QED) is 0.904. The summed E-state index contributed by atoms with van der Waals surface area (Å²) in [5.41, 5.74) is 1.44. The van der Waals surface area contributed by atoms with Crippen LogP contribution in [0.25, 0.3) is 0 Å². The molecule has 0 spiro atoms. The van der Waals surface area contributed by atoms with Gasteiger partial charge < -0.3 is 15.0 Å². The Morgan fingerprint density at radius 1 is 1.30 bits per heavy atom. The van der Waals surface area contributed by atoms with Crippen molar-refractivity contribution in [2.24, 2.45) is 0 Å². The van der Waals surface area contributed by atoms with E-state index in [-0.39, 0.29) is 29.2 Å². The molecule has 0 aromatic carbocycles. The summed E-state index contributed by atoms with van der Waals surface area (Å²) in [4.78, 5) is 31.0. The van der Waals surface area contributed by atoms with Crippen LogP contribution in [0.3, 0.4) is 0 Å². The summed E-state index contributed by atoms with van der Waals surface area (Å²) in [7, 11) is 0. The Balaban J connectivity index is 1.79. The molecule has 0 aliphatic carbocycles. The highest BCUT2D eigenvalue weighted by molar-refractivity contribution is 5.94. The highest BCUT2D eigenvalue weighted by atomic mass is 16.5. The van der Waals surface area contributed by atoms with Gasteiger partial charge in [-0.3, -0.25) is 14.6 Å². The molecule has 1 fully saturated rings. The number of nitrogens with zero attached hydrogens (tertiary/aromatic N) is 1. The molecule has 1 aliphatic heterocycles. The monoisotopic (exact) mass is 313 g/mol. The number of pyridine rings is 2. The first-order chi connectivity index (χ1) is 11.1.